The van der Waals surface area contributed by atoms with Crippen LogP contribution in [-0.2, 0) is 0 Å². The van der Waals surface area contributed by atoms with E-state index in [1.165, 1.54) is 18.2 Å². The number of aromatic nitrogens is 2. The number of H-pyrrole nitrogens is 1. The molecule has 0 aliphatic heterocycles. The molecule has 3 rings (SSSR count). The van der Waals surface area contributed by atoms with E-state index in [9.17, 15) is 9.18 Å². The number of pyridine rings is 2. The topological polar surface area (TPSA) is 71.8 Å². The molecule has 3 N–H and O–H groups in total. The minimum atomic E-state index is -0.498. The van der Waals surface area contributed by atoms with Crippen molar-refractivity contribution in [3.8, 4) is 11.1 Å². The maximum Gasteiger partial charge on any atom is 0.256 e. The molecule has 0 spiro atoms. The molecule has 94 valence electrons. The van der Waals surface area contributed by atoms with E-state index in [0.717, 1.165) is 5.39 Å². The molecule has 2 heterocycles. The fourth-order valence-electron chi connectivity index (χ4n) is 1.97. The van der Waals surface area contributed by atoms with E-state index in [1.54, 1.807) is 24.5 Å². The first-order valence-electron chi connectivity index (χ1n) is 5.67. The van der Waals surface area contributed by atoms with Crippen LogP contribution >= 0.6 is 0 Å². The van der Waals surface area contributed by atoms with Crippen LogP contribution < -0.4 is 11.3 Å². The first-order valence-corrected chi connectivity index (χ1v) is 5.67. The Hall–Kier alpha value is -2.69. The number of aromatic amines is 1. The lowest BCUT2D eigenvalue weighted by atomic mass is 10.1. The van der Waals surface area contributed by atoms with Gasteiger partial charge in [0.15, 0.2) is 0 Å². The molecular weight excluding hydrogens is 245 g/mol. The number of nitrogens with one attached hydrogen (secondary N) is 1. The number of nitrogens with zero attached hydrogens (tertiary/aromatic N) is 1. The number of rotatable bonds is 1. The highest BCUT2D eigenvalue weighted by molar-refractivity contribution is 5.83. The van der Waals surface area contributed by atoms with E-state index in [1.807, 2.05) is 0 Å². The molecule has 0 bridgehead atoms. The quantitative estimate of drug-likeness (QED) is 0.655. The third-order valence-electron chi connectivity index (χ3n) is 2.95. The van der Waals surface area contributed by atoms with Gasteiger partial charge in [0.1, 0.15) is 5.82 Å². The van der Waals surface area contributed by atoms with Crippen LogP contribution in [0.4, 0.5) is 10.1 Å². The van der Waals surface area contributed by atoms with E-state index >= 15 is 0 Å². The summed E-state index contributed by atoms with van der Waals surface area (Å²) in [6.45, 7) is 0. The molecule has 2 aromatic heterocycles. The molecule has 19 heavy (non-hydrogen) atoms. The Bertz CT molecular complexity index is 826. The minimum Gasteiger partial charge on any atom is -0.396 e. The number of nitrogen functional groups attached to an aromatic ring is 1. The summed E-state index contributed by atoms with van der Waals surface area (Å²) in [5, 5.41) is 0.806. The van der Waals surface area contributed by atoms with Crippen molar-refractivity contribution in [2.45, 2.75) is 0 Å². The lowest BCUT2D eigenvalue weighted by Crippen LogP contribution is -2.09. The number of halogens is 1. The van der Waals surface area contributed by atoms with Gasteiger partial charge in [0.05, 0.1) is 11.2 Å². The lowest BCUT2D eigenvalue weighted by molar-refractivity contribution is 0.632. The van der Waals surface area contributed by atoms with Crippen molar-refractivity contribution in [2.75, 3.05) is 5.73 Å². The van der Waals surface area contributed by atoms with Gasteiger partial charge in [-0.05, 0) is 29.8 Å². The van der Waals surface area contributed by atoms with E-state index < -0.39 is 5.82 Å². The lowest BCUT2D eigenvalue weighted by Gasteiger charge is -2.04. The van der Waals surface area contributed by atoms with Crippen LogP contribution in [-0.4, -0.2) is 9.97 Å². The van der Waals surface area contributed by atoms with Crippen LogP contribution in [0.3, 0.4) is 0 Å². The summed E-state index contributed by atoms with van der Waals surface area (Å²) in [6.07, 6.45) is 3.26. The fourth-order valence-corrected chi connectivity index (χ4v) is 1.97. The molecule has 0 unspecified atom stereocenters. The van der Waals surface area contributed by atoms with E-state index in [2.05, 4.69) is 9.97 Å². The number of hydrogen-bond acceptors (Lipinski definition) is 3. The summed E-state index contributed by atoms with van der Waals surface area (Å²) in [5.41, 5.74) is 7.01. The van der Waals surface area contributed by atoms with Crippen molar-refractivity contribution in [3.05, 3.63) is 58.9 Å². The highest BCUT2D eigenvalue weighted by Crippen LogP contribution is 2.22. The average molecular weight is 255 g/mol. The van der Waals surface area contributed by atoms with Crippen molar-refractivity contribution in [1.29, 1.82) is 0 Å². The fraction of sp³-hybridized carbons (Fsp3) is 0. The van der Waals surface area contributed by atoms with Gasteiger partial charge in [-0.25, -0.2) is 4.39 Å². The van der Waals surface area contributed by atoms with Crippen LogP contribution in [0.2, 0.25) is 0 Å². The smallest absolute Gasteiger partial charge is 0.256 e. The highest BCUT2D eigenvalue weighted by Gasteiger charge is 2.07. The second-order valence-corrected chi connectivity index (χ2v) is 4.21. The second-order valence-electron chi connectivity index (χ2n) is 4.21. The normalized spacial score (nSPS) is 10.8. The van der Waals surface area contributed by atoms with Crippen molar-refractivity contribution in [3.63, 3.8) is 0 Å². The molecule has 0 atom stereocenters. The summed E-state index contributed by atoms with van der Waals surface area (Å²) < 4.78 is 13.1. The largest absolute Gasteiger partial charge is 0.396 e. The van der Waals surface area contributed by atoms with Crippen molar-refractivity contribution < 1.29 is 4.39 Å². The highest BCUT2D eigenvalue weighted by atomic mass is 19.1. The molecule has 4 nitrogen and oxygen atoms in total. The zero-order valence-electron chi connectivity index (χ0n) is 9.85. The van der Waals surface area contributed by atoms with Crippen molar-refractivity contribution in [2.24, 2.45) is 0 Å². The maximum absolute atomic E-state index is 13.1. The molecule has 0 amide bonds. The Morgan fingerprint density at radius 1 is 1.21 bits per heavy atom. The molecule has 0 fully saturated rings. The number of nitrogens with two attached hydrogens (primary N) is 1. The zero-order valence-corrected chi connectivity index (χ0v) is 9.85. The summed E-state index contributed by atoms with van der Waals surface area (Å²) in [5.74, 6) is -0.498. The van der Waals surface area contributed by atoms with Gasteiger partial charge in [-0.15, -0.1) is 0 Å². The van der Waals surface area contributed by atoms with Gasteiger partial charge in [-0.1, -0.05) is 6.07 Å². The number of benzene rings is 1. The second kappa shape index (κ2) is 4.20. The Labute approximate surface area is 107 Å². The Balaban J connectivity index is 2.27. The third kappa shape index (κ3) is 1.95. The molecule has 0 aliphatic carbocycles. The average Bonchev–Trinajstić information content (AvgIpc) is 2.41. The van der Waals surface area contributed by atoms with Crippen molar-refractivity contribution in [1.82, 2.24) is 9.97 Å². The first-order chi connectivity index (χ1) is 9.15. The van der Waals surface area contributed by atoms with Gasteiger partial charge in [0, 0.05) is 23.3 Å². The van der Waals surface area contributed by atoms with E-state index in [4.69, 9.17) is 5.73 Å². The summed E-state index contributed by atoms with van der Waals surface area (Å²) in [7, 11) is 0. The SMILES string of the molecule is Nc1cc(-c2cc3cnccc3[nH]c2=O)ccc1F. The molecular formula is C14H10FN3O. The third-order valence-corrected chi connectivity index (χ3v) is 2.95. The van der Waals surface area contributed by atoms with Crippen molar-refractivity contribution >= 4 is 16.6 Å². The molecule has 0 saturated carbocycles. The van der Waals surface area contributed by atoms with Crippen LogP contribution in [0.25, 0.3) is 22.0 Å². The van der Waals surface area contributed by atoms with Gasteiger partial charge < -0.3 is 10.7 Å². The molecule has 0 aliphatic rings. The van der Waals surface area contributed by atoms with Gasteiger partial charge in [0.2, 0.25) is 0 Å². The van der Waals surface area contributed by atoms with Gasteiger partial charge in [-0.2, -0.15) is 0 Å². The minimum absolute atomic E-state index is 0.0168. The van der Waals surface area contributed by atoms with Crippen LogP contribution in [0.1, 0.15) is 0 Å². The summed E-state index contributed by atoms with van der Waals surface area (Å²) in [6, 6.07) is 7.66. The van der Waals surface area contributed by atoms with Crippen LogP contribution in [0, 0.1) is 5.82 Å². The van der Waals surface area contributed by atoms with E-state index in [-0.39, 0.29) is 11.2 Å². The van der Waals surface area contributed by atoms with Gasteiger partial charge >= 0.3 is 0 Å². The predicted octanol–water partition coefficient (Wildman–Crippen LogP) is 2.31. The molecule has 0 saturated heterocycles. The van der Waals surface area contributed by atoms with Gasteiger partial charge in [0.25, 0.3) is 5.56 Å². The Morgan fingerprint density at radius 2 is 2.05 bits per heavy atom. The number of fused-ring (bicyclic) bond motifs is 1. The Morgan fingerprint density at radius 3 is 2.84 bits per heavy atom. The summed E-state index contributed by atoms with van der Waals surface area (Å²) in [4.78, 5) is 18.8. The molecule has 1 aromatic carbocycles. The van der Waals surface area contributed by atoms with Gasteiger partial charge in [-0.3, -0.25) is 9.78 Å². The maximum atomic E-state index is 13.1. The zero-order chi connectivity index (χ0) is 13.4. The standard InChI is InChI=1S/C14H10FN3O/c15-11-2-1-8(6-12(11)16)10-5-9-7-17-4-3-13(9)18-14(10)19/h1-7H,16H2,(H,18,19). The number of hydrogen-bond donors (Lipinski definition) is 2. The monoisotopic (exact) mass is 255 g/mol. The molecule has 5 heteroatoms. The Kier molecular flexibility index (Phi) is 2.52. The van der Waals surface area contributed by atoms with Crippen LogP contribution in [0.5, 0.6) is 0 Å². The van der Waals surface area contributed by atoms with E-state index in [0.29, 0.717) is 16.6 Å². The summed E-state index contributed by atoms with van der Waals surface area (Å²) >= 11 is 0. The first kappa shape index (κ1) is 11.4. The molecule has 3 aromatic rings. The van der Waals surface area contributed by atoms with Crippen LogP contribution in [0.15, 0.2) is 47.5 Å². The predicted molar refractivity (Wildman–Crippen MR) is 72.2 cm³/mol. The number of anilines is 1. The molecule has 0 radical (unpaired) electrons.